The Morgan fingerprint density at radius 2 is 2.06 bits per heavy atom. The SMILES string of the molecule is COCCCN(C)Cc1cc(F)cc(B(O)O)c1. The first-order valence-corrected chi connectivity index (χ1v) is 5.86. The lowest BCUT2D eigenvalue weighted by Crippen LogP contribution is -2.31. The molecule has 0 aliphatic heterocycles. The Labute approximate surface area is 107 Å². The Morgan fingerprint density at radius 3 is 2.67 bits per heavy atom. The third-order valence-corrected chi connectivity index (χ3v) is 2.62. The van der Waals surface area contributed by atoms with E-state index >= 15 is 0 Å². The van der Waals surface area contributed by atoms with E-state index in [-0.39, 0.29) is 5.46 Å². The van der Waals surface area contributed by atoms with E-state index in [4.69, 9.17) is 14.8 Å². The zero-order chi connectivity index (χ0) is 13.5. The molecule has 1 aromatic rings. The molecule has 4 nitrogen and oxygen atoms in total. The quantitative estimate of drug-likeness (QED) is 0.531. The highest BCUT2D eigenvalue weighted by atomic mass is 19.1. The minimum absolute atomic E-state index is 0.176. The van der Waals surface area contributed by atoms with Crippen LogP contribution in [0.2, 0.25) is 0 Å². The number of nitrogens with zero attached hydrogens (tertiary/aromatic N) is 1. The molecule has 0 unspecified atom stereocenters. The second-order valence-electron chi connectivity index (χ2n) is 4.35. The van der Waals surface area contributed by atoms with Crippen LogP contribution < -0.4 is 5.46 Å². The van der Waals surface area contributed by atoms with E-state index in [1.165, 1.54) is 6.07 Å². The van der Waals surface area contributed by atoms with Crippen molar-refractivity contribution in [2.75, 3.05) is 27.3 Å². The summed E-state index contributed by atoms with van der Waals surface area (Å²) in [7, 11) is 1.94. The lowest BCUT2D eigenvalue weighted by Gasteiger charge is -2.17. The molecule has 1 aromatic carbocycles. The molecule has 1 rings (SSSR count). The summed E-state index contributed by atoms with van der Waals surface area (Å²) in [4.78, 5) is 2.03. The Morgan fingerprint density at radius 1 is 1.33 bits per heavy atom. The third-order valence-electron chi connectivity index (χ3n) is 2.62. The van der Waals surface area contributed by atoms with Gasteiger partial charge in [-0.1, -0.05) is 6.07 Å². The summed E-state index contributed by atoms with van der Waals surface area (Å²) in [5.74, 6) is -0.458. The van der Waals surface area contributed by atoms with Crippen LogP contribution in [0.5, 0.6) is 0 Å². The molecule has 100 valence electrons. The molecule has 0 aromatic heterocycles. The first-order valence-electron chi connectivity index (χ1n) is 5.86. The number of hydrogen-bond donors (Lipinski definition) is 2. The lowest BCUT2D eigenvalue weighted by atomic mass is 9.79. The Balaban J connectivity index is 2.60. The molecule has 0 heterocycles. The lowest BCUT2D eigenvalue weighted by molar-refractivity contribution is 0.178. The smallest absolute Gasteiger partial charge is 0.423 e. The van der Waals surface area contributed by atoms with Gasteiger partial charge < -0.3 is 19.7 Å². The summed E-state index contributed by atoms with van der Waals surface area (Å²) in [6, 6.07) is 4.12. The van der Waals surface area contributed by atoms with Crippen LogP contribution in [0.3, 0.4) is 0 Å². The Bertz CT molecular complexity index is 376. The molecule has 0 aliphatic rings. The maximum absolute atomic E-state index is 13.3. The number of ether oxygens (including phenoxy) is 1. The Hall–Kier alpha value is -0.945. The summed E-state index contributed by atoms with van der Waals surface area (Å²) < 4.78 is 18.2. The Kier molecular flexibility index (Phi) is 6.28. The average Bonchev–Trinajstić information content (AvgIpc) is 2.28. The molecule has 18 heavy (non-hydrogen) atoms. The van der Waals surface area contributed by atoms with Gasteiger partial charge in [0.25, 0.3) is 0 Å². The molecule has 0 saturated heterocycles. The van der Waals surface area contributed by atoms with Crippen LogP contribution >= 0.6 is 0 Å². The van der Waals surface area contributed by atoms with Crippen molar-refractivity contribution in [2.24, 2.45) is 0 Å². The highest BCUT2D eigenvalue weighted by molar-refractivity contribution is 6.58. The molecule has 2 N–H and O–H groups in total. The number of benzene rings is 1. The van der Waals surface area contributed by atoms with Crippen molar-refractivity contribution in [3.63, 3.8) is 0 Å². The second-order valence-corrected chi connectivity index (χ2v) is 4.35. The van der Waals surface area contributed by atoms with Crippen molar-refractivity contribution < 1.29 is 19.2 Å². The fourth-order valence-electron chi connectivity index (χ4n) is 1.79. The largest absolute Gasteiger partial charge is 0.488 e. The highest BCUT2D eigenvalue weighted by Crippen LogP contribution is 2.06. The highest BCUT2D eigenvalue weighted by Gasteiger charge is 2.13. The van der Waals surface area contributed by atoms with Gasteiger partial charge in [0.1, 0.15) is 5.82 Å². The first kappa shape index (κ1) is 15.1. The van der Waals surface area contributed by atoms with Crippen LogP contribution in [-0.2, 0) is 11.3 Å². The maximum atomic E-state index is 13.3. The van der Waals surface area contributed by atoms with Gasteiger partial charge in [0.2, 0.25) is 0 Å². The van der Waals surface area contributed by atoms with Gasteiger partial charge >= 0.3 is 7.12 Å². The third kappa shape index (κ3) is 5.14. The molecule has 6 heteroatoms. The van der Waals surface area contributed by atoms with Gasteiger partial charge in [0.05, 0.1) is 0 Å². The normalized spacial score (nSPS) is 11.0. The van der Waals surface area contributed by atoms with Crippen LogP contribution in [0, 0.1) is 5.82 Å². The molecular weight excluding hydrogens is 236 g/mol. The molecule has 0 amide bonds. The van der Waals surface area contributed by atoms with Crippen LogP contribution in [-0.4, -0.2) is 49.4 Å². The van der Waals surface area contributed by atoms with Gasteiger partial charge in [-0.2, -0.15) is 0 Å². The summed E-state index contributed by atoms with van der Waals surface area (Å²) in [5.41, 5.74) is 0.897. The zero-order valence-corrected chi connectivity index (χ0v) is 10.8. The fourth-order valence-corrected chi connectivity index (χ4v) is 1.79. The van der Waals surface area contributed by atoms with Gasteiger partial charge in [-0.15, -0.1) is 0 Å². The predicted molar refractivity (Wildman–Crippen MR) is 69.1 cm³/mol. The van der Waals surface area contributed by atoms with E-state index in [1.807, 2.05) is 11.9 Å². The maximum Gasteiger partial charge on any atom is 0.488 e. The van der Waals surface area contributed by atoms with Crippen molar-refractivity contribution >= 4 is 12.6 Å². The van der Waals surface area contributed by atoms with E-state index in [2.05, 4.69) is 0 Å². The van der Waals surface area contributed by atoms with E-state index in [0.717, 1.165) is 24.6 Å². The van der Waals surface area contributed by atoms with Gasteiger partial charge in [0.15, 0.2) is 0 Å². The monoisotopic (exact) mass is 255 g/mol. The van der Waals surface area contributed by atoms with E-state index in [0.29, 0.717) is 13.2 Å². The van der Waals surface area contributed by atoms with E-state index in [9.17, 15) is 4.39 Å². The average molecular weight is 255 g/mol. The van der Waals surface area contributed by atoms with Crippen LogP contribution in [0.25, 0.3) is 0 Å². The number of rotatable bonds is 7. The minimum Gasteiger partial charge on any atom is -0.423 e. The van der Waals surface area contributed by atoms with Crippen molar-refractivity contribution in [3.8, 4) is 0 Å². The molecule has 0 fully saturated rings. The van der Waals surface area contributed by atoms with E-state index < -0.39 is 12.9 Å². The predicted octanol–water partition coefficient (Wildman–Crippen LogP) is -0.0262. The van der Waals surface area contributed by atoms with Crippen LogP contribution in [0.15, 0.2) is 18.2 Å². The van der Waals surface area contributed by atoms with Crippen LogP contribution in [0.1, 0.15) is 12.0 Å². The second kappa shape index (κ2) is 7.48. The first-order chi connectivity index (χ1) is 8.52. The van der Waals surface area contributed by atoms with Crippen molar-refractivity contribution in [1.82, 2.24) is 4.90 Å². The van der Waals surface area contributed by atoms with Crippen LogP contribution in [0.4, 0.5) is 4.39 Å². The van der Waals surface area contributed by atoms with Gasteiger partial charge in [-0.3, -0.25) is 0 Å². The van der Waals surface area contributed by atoms with Crippen molar-refractivity contribution in [3.05, 3.63) is 29.6 Å². The molecule has 0 atom stereocenters. The number of halogens is 1. The van der Waals surface area contributed by atoms with Gasteiger partial charge in [0, 0.05) is 26.8 Å². The zero-order valence-electron chi connectivity index (χ0n) is 10.8. The van der Waals surface area contributed by atoms with Gasteiger partial charge in [-0.25, -0.2) is 4.39 Å². The molecule has 0 radical (unpaired) electrons. The molecule has 0 aliphatic carbocycles. The summed E-state index contributed by atoms with van der Waals surface area (Å²) in [6.07, 6.45) is 0.901. The minimum atomic E-state index is -1.64. The van der Waals surface area contributed by atoms with Crippen molar-refractivity contribution in [2.45, 2.75) is 13.0 Å². The summed E-state index contributed by atoms with van der Waals surface area (Å²) in [6.45, 7) is 2.08. The molecule has 0 bridgehead atoms. The summed E-state index contributed by atoms with van der Waals surface area (Å²) >= 11 is 0. The number of methoxy groups -OCH3 is 1. The van der Waals surface area contributed by atoms with E-state index in [1.54, 1.807) is 13.2 Å². The summed E-state index contributed by atoms with van der Waals surface area (Å²) in [5, 5.41) is 18.1. The molecule has 0 saturated carbocycles. The van der Waals surface area contributed by atoms with Crippen molar-refractivity contribution in [1.29, 1.82) is 0 Å². The topological polar surface area (TPSA) is 52.9 Å². The number of hydrogen-bond acceptors (Lipinski definition) is 4. The van der Waals surface area contributed by atoms with Gasteiger partial charge in [-0.05, 0) is 36.6 Å². The fraction of sp³-hybridized carbons (Fsp3) is 0.500. The molecule has 0 spiro atoms. The molecular formula is C12H19BFNO3. The standard InChI is InChI=1S/C12H19BFNO3/c1-15(4-3-5-18-2)9-10-6-11(13(16)17)8-12(14)7-10/h6-8,16-17H,3-5,9H2,1-2H3.